The molecule has 1 aliphatic carbocycles. The molecule has 2 heterocycles. The summed E-state index contributed by atoms with van der Waals surface area (Å²) in [6, 6.07) is 13.9. The normalized spacial score (nSPS) is 16.5. The summed E-state index contributed by atoms with van der Waals surface area (Å²) in [5, 5.41) is 7.13. The summed E-state index contributed by atoms with van der Waals surface area (Å²) in [6.07, 6.45) is 6.57. The molecule has 1 atom stereocenters. The highest BCUT2D eigenvalue weighted by Gasteiger charge is 2.42. The zero-order valence-corrected chi connectivity index (χ0v) is 21.4. The molecule has 1 fully saturated rings. The van der Waals surface area contributed by atoms with E-state index in [0.29, 0.717) is 28.8 Å². The fraction of sp³-hybridized carbons (Fsp3) is 0.393. The first-order valence-corrected chi connectivity index (χ1v) is 12.9. The molecule has 1 saturated carbocycles. The number of carbonyl (C=O) groups is 1. The molecule has 1 aromatic heterocycles. The van der Waals surface area contributed by atoms with Crippen molar-refractivity contribution >= 4 is 23.5 Å². The maximum atomic E-state index is 13.6. The van der Waals surface area contributed by atoms with Crippen LogP contribution in [0.5, 0.6) is 11.5 Å². The second-order valence-electron chi connectivity index (χ2n) is 9.58. The van der Waals surface area contributed by atoms with E-state index in [9.17, 15) is 4.79 Å². The summed E-state index contributed by atoms with van der Waals surface area (Å²) in [6.45, 7) is 4.79. The molecular weight excluding hydrogens is 476 g/mol. The number of ether oxygens (including phenoxy) is 2. The summed E-state index contributed by atoms with van der Waals surface area (Å²) in [7, 11) is 0. The molecule has 0 bridgehead atoms. The minimum absolute atomic E-state index is 0.196. The lowest BCUT2D eigenvalue weighted by Crippen LogP contribution is -2.33. The quantitative estimate of drug-likeness (QED) is 0.398. The van der Waals surface area contributed by atoms with E-state index in [2.05, 4.69) is 41.6 Å². The van der Waals surface area contributed by atoms with Crippen LogP contribution in [0.3, 0.4) is 0 Å². The number of anilines is 1. The average molecular weight is 507 g/mol. The lowest BCUT2D eigenvalue weighted by Gasteiger charge is -2.31. The van der Waals surface area contributed by atoms with Crippen LogP contribution >= 0.6 is 11.6 Å². The van der Waals surface area contributed by atoms with Crippen LogP contribution in [0.4, 0.5) is 5.95 Å². The third kappa shape index (κ3) is 4.85. The van der Waals surface area contributed by atoms with Crippen molar-refractivity contribution in [1.29, 1.82) is 0 Å². The maximum absolute atomic E-state index is 13.6. The number of amides is 1. The molecule has 8 heteroatoms. The number of hydrogen-bond donors (Lipinski definition) is 2. The van der Waals surface area contributed by atoms with Crippen LogP contribution < -0.4 is 20.1 Å². The van der Waals surface area contributed by atoms with Crippen LogP contribution in [0.15, 0.2) is 48.7 Å². The Morgan fingerprint density at radius 1 is 1.11 bits per heavy atom. The lowest BCUT2D eigenvalue weighted by atomic mass is 9.74. The van der Waals surface area contributed by atoms with Crippen molar-refractivity contribution in [3.63, 3.8) is 0 Å². The van der Waals surface area contributed by atoms with Crippen molar-refractivity contribution in [1.82, 2.24) is 15.3 Å². The van der Waals surface area contributed by atoms with Crippen LogP contribution in [0.2, 0.25) is 5.02 Å². The van der Waals surface area contributed by atoms with E-state index in [1.54, 1.807) is 6.20 Å². The van der Waals surface area contributed by atoms with Gasteiger partial charge < -0.3 is 20.1 Å². The number of aromatic nitrogens is 2. The Labute approximate surface area is 216 Å². The zero-order chi connectivity index (χ0) is 25.1. The van der Waals surface area contributed by atoms with Gasteiger partial charge in [-0.25, -0.2) is 9.97 Å². The molecule has 1 aliphatic heterocycles. The van der Waals surface area contributed by atoms with Crippen LogP contribution in [-0.2, 0) is 12.0 Å². The molecule has 2 aliphatic rings. The minimum atomic E-state index is -0.370. The van der Waals surface area contributed by atoms with Gasteiger partial charge in [-0.1, -0.05) is 49.6 Å². The Bertz CT molecular complexity index is 1240. The van der Waals surface area contributed by atoms with E-state index in [1.807, 2.05) is 30.3 Å². The third-order valence-corrected chi connectivity index (χ3v) is 7.47. The van der Waals surface area contributed by atoms with Gasteiger partial charge in [-0.2, -0.15) is 0 Å². The summed E-state index contributed by atoms with van der Waals surface area (Å²) >= 11 is 6.21. The molecule has 0 spiro atoms. The van der Waals surface area contributed by atoms with Gasteiger partial charge >= 0.3 is 0 Å². The fourth-order valence-electron chi connectivity index (χ4n) is 5.04. The van der Waals surface area contributed by atoms with E-state index < -0.39 is 0 Å². The van der Waals surface area contributed by atoms with Crippen molar-refractivity contribution < 1.29 is 14.3 Å². The fourth-order valence-corrected chi connectivity index (χ4v) is 5.17. The Hall–Kier alpha value is -3.32. The molecule has 0 radical (unpaired) electrons. The molecule has 1 amide bonds. The van der Waals surface area contributed by atoms with Gasteiger partial charge in [0.2, 0.25) is 12.7 Å². The molecule has 7 nitrogen and oxygen atoms in total. The molecule has 0 saturated heterocycles. The van der Waals surface area contributed by atoms with Crippen molar-refractivity contribution in [2.24, 2.45) is 0 Å². The van der Waals surface area contributed by atoms with Gasteiger partial charge in [-0.05, 0) is 61.6 Å². The lowest BCUT2D eigenvalue weighted by molar-refractivity contribution is 0.0947. The van der Waals surface area contributed by atoms with Crippen molar-refractivity contribution in [2.75, 3.05) is 12.1 Å². The smallest absolute Gasteiger partial charge is 0.255 e. The van der Waals surface area contributed by atoms with Crippen molar-refractivity contribution in [2.45, 2.75) is 64.0 Å². The number of fused-ring (bicyclic) bond motifs is 1. The highest BCUT2D eigenvalue weighted by Crippen LogP contribution is 2.47. The van der Waals surface area contributed by atoms with Crippen LogP contribution in [0, 0.1) is 0 Å². The monoisotopic (exact) mass is 506 g/mol. The number of halogens is 1. The number of carbonyl (C=O) groups excluding carboxylic acids is 1. The Balaban J connectivity index is 1.49. The maximum Gasteiger partial charge on any atom is 0.255 e. The second kappa shape index (κ2) is 10.3. The second-order valence-corrected chi connectivity index (χ2v) is 10.0. The Morgan fingerprint density at radius 3 is 2.61 bits per heavy atom. The molecule has 1 unspecified atom stereocenters. The SMILES string of the molecule is CCC(C)Nc1ncc(C(=O)NCc2ccc3c(c2)OCO3)c(C2(c3ccc(Cl)cc3)CCCC2)n1. The first-order valence-electron chi connectivity index (χ1n) is 12.6. The van der Waals surface area contributed by atoms with Crippen LogP contribution in [-0.4, -0.2) is 28.7 Å². The average Bonchev–Trinajstić information content (AvgIpc) is 3.58. The summed E-state index contributed by atoms with van der Waals surface area (Å²) in [4.78, 5) is 23.1. The van der Waals surface area contributed by atoms with E-state index >= 15 is 0 Å². The Kier molecular flexibility index (Phi) is 7.01. The molecule has 2 aromatic carbocycles. The Morgan fingerprint density at radius 2 is 1.86 bits per heavy atom. The van der Waals surface area contributed by atoms with E-state index in [4.69, 9.17) is 26.1 Å². The van der Waals surface area contributed by atoms with Gasteiger partial charge in [0, 0.05) is 29.2 Å². The number of benzene rings is 2. The van der Waals surface area contributed by atoms with E-state index in [1.165, 1.54) is 0 Å². The van der Waals surface area contributed by atoms with Crippen molar-refractivity contribution in [3.8, 4) is 11.5 Å². The number of hydrogen-bond acceptors (Lipinski definition) is 6. The zero-order valence-electron chi connectivity index (χ0n) is 20.6. The highest BCUT2D eigenvalue weighted by molar-refractivity contribution is 6.30. The van der Waals surface area contributed by atoms with Crippen LogP contribution in [0.25, 0.3) is 0 Å². The summed E-state index contributed by atoms with van der Waals surface area (Å²) in [5.74, 6) is 1.76. The van der Waals surface area contributed by atoms with Gasteiger partial charge in [0.25, 0.3) is 5.91 Å². The van der Waals surface area contributed by atoms with Gasteiger partial charge in [-0.15, -0.1) is 0 Å². The van der Waals surface area contributed by atoms with Crippen LogP contribution in [0.1, 0.15) is 73.1 Å². The van der Waals surface area contributed by atoms with Gasteiger partial charge in [0.15, 0.2) is 11.5 Å². The van der Waals surface area contributed by atoms with E-state index in [0.717, 1.165) is 54.7 Å². The molecule has 188 valence electrons. The van der Waals surface area contributed by atoms with Gasteiger partial charge in [0.05, 0.1) is 11.3 Å². The van der Waals surface area contributed by atoms with Gasteiger partial charge in [-0.3, -0.25) is 4.79 Å². The highest BCUT2D eigenvalue weighted by atomic mass is 35.5. The number of nitrogens with one attached hydrogen (secondary N) is 2. The molecule has 5 rings (SSSR count). The standard InChI is InChI=1S/C28H31ClN4O3/c1-3-18(2)32-27-31-16-22(26(34)30-15-19-6-11-23-24(14-19)36-17-35-23)25(33-27)28(12-4-5-13-28)20-7-9-21(29)10-8-20/h6-11,14,16,18H,3-5,12-13,15,17H2,1-2H3,(H,30,34)(H,31,32,33). The molecule has 3 aromatic rings. The predicted molar refractivity (Wildman–Crippen MR) is 140 cm³/mol. The van der Waals surface area contributed by atoms with E-state index in [-0.39, 0.29) is 24.2 Å². The topological polar surface area (TPSA) is 85.4 Å². The summed E-state index contributed by atoms with van der Waals surface area (Å²) in [5.41, 5.74) is 2.96. The molecular formula is C28H31ClN4O3. The van der Waals surface area contributed by atoms with Gasteiger partial charge in [0.1, 0.15) is 0 Å². The minimum Gasteiger partial charge on any atom is -0.454 e. The molecule has 2 N–H and O–H groups in total. The third-order valence-electron chi connectivity index (χ3n) is 7.22. The number of rotatable bonds is 8. The molecule has 36 heavy (non-hydrogen) atoms. The largest absolute Gasteiger partial charge is 0.454 e. The summed E-state index contributed by atoms with van der Waals surface area (Å²) < 4.78 is 10.9. The number of nitrogens with zero attached hydrogens (tertiary/aromatic N) is 2. The first kappa shape index (κ1) is 24.4. The first-order chi connectivity index (χ1) is 17.5. The van der Waals surface area contributed by atoms with Crippen molar-refractivity contribution in [3.05, 3.63) is 76.1 Å². The predicted octanol–water partition coefficient (Wildman–Crippen LogP) is 5.86.